The van der Waals surface area contributed by atoms with Crippen LogP contribution in [0.3, 0.4) is 0 Å². The molecule has 0 aromatic heterocycles. The maximum absolute atomic E-state index is 13.0. The van der Waals surface area contributed by atoms with E-state index in [1.807, 2.05) is 60.7 Å². The number of carbonyl (C=O) groups excluding carboxylic acids is 1. The third-order valence-electron chi connectivity index (χ3n) is 4.90. The molecule has 1 aliphatic carbocycles. The van der Waals surface area contributed by atoms with E-state index in [-0.39, 0.29) is 12.1 Å². The SMILES string of the molecule is CC1(C)CCC(NC(=O)N(c2ccccc2)c2ccccc2)CC1. The first-order valence-electron chi connectivity index (χ1n) is 8.76. The van der Waals surface area contributed by atoms with Crippen molar-refractivity contribution in [2.24, 2.45) is 5.41 Å². The smallest absolute Gasteiger partial charge is 0.326 e. The quantitative estimate of drug-likeness (QED) is 0.794. The van der Waals surface area contributed by atoms with Crippen LogP contribution in [0.4, 0.5) is 16.2 Å². The van der Waals surface area contributed by atoms with Crippen molar-refractivity contribution in [3.63, 3.8) is 0 Å². The van der Waals surface area contributed by atoms with Crippen LogP contribution < -0.4 is 10.2 Å². The second kappa shape index (κ2) is 7.08. The molecule has 0 atom stereocenters. The van der Waals surface area contributed by atoms with Gasteiger partial charge in [-0.3, -0.25) is 4.90 Å². The normalized spacial score (nSPS) is 17.2. The third kappa shape index (κ3) is 3.97. The molecule has 0 aliphatic heterocycles. The summed E-state index contributed by atoms with van der Waals surface area (Å²) in [4.78, 5) is 14.8. The van der Waals surface area contributed by atoms with Crippen molar-refractivity contribution < 1.29 is 4.79 Å². The highest BCUT2D eigenvalue weighted by molar-refractivity contribution is 5.99. The number of anilines is 2. The van der Waals surface area contributed by atoms with E-state index in [9.17, 15) is 4.79 Å². The van der Waals surface area contributed by atoms with Gasteiger partial charge in [-0.1, -0.05) is 50.2 Å². The predicted molar refractivity (Wildman–Crippen MR) is 99.6 cm³/mol. The molecule has 1 N–H and O–H groups in total. The van der Waals surface area contributed by atoms with Crippen LogP contribution in [0, 0.1) is 5.41 Å². The van der Waals surface area contributed by atoms with Gasteiger partial charge in [0.1, 0.15) is 0 Å². The van der Waals surface area contributed by atoms with Crippen LogP contribution in [0.15, 0.2) is 60.7 Å². The van der Waals surface area contributed by atoms with Crippen LogP contribution in [0.5, 0.6) is 0 Å². The molecule has 2 amide bonds. The number of carbonyl (C=O) groups is 1. The van der Waals surface area contributed by atoms with Crippen molar-refractivity contribution in [2.45, 2.75) is 45.6 Å². The van der Waals surface area contributed by atoms with E-state index in [0.29, 0.717) is 5.41 Å². The van der Waals surface area contributed by atoms with Gasteiger partial charge in [-0.15, -0.1) is 0 Å². The highest BCUT2D eigenvalue weighted by Crippen LogP contribution is 2.35. The fourth-order valence-corrected chi connectivity index (χ4v) is 3.32. The third-order valence-corrected chi connectivity index (χ3v) is 4.90. The summed E-state index contributed by atoms with van der Waals surface area (Å²) in [6.07, 6.45) is 4.43. The summed E-state index contributed by atoms with van der Waals surface area (Å²) in [7, 11) is 0. The molecule has 0 radical (unpaired) electrons. The minimum absolute atomic E-state index is 0.0443. The summed E-state index contributed by atoms with van der Waals surface area (Å²) < 4.78 is 0. The second-order valence-corrected chi connectivity index (χ2v) is 7.39. The fraction of sp³-hybridized carbons (Fsp3) is 0.381. The molecule has 1 saturated carbocycles. The Hall–Kier alpha value is -2.29. The van der Waals surface area contributed by atoms with Gasteiger partial charge in [-0.25, -0.2) is 4.79 Å². The molecule has 0 spiro atoms. The lowest BCUT2D eigenvalue weighted by Gasteiger charge is -2.35. The first-order chi connectivity index (χ1) is 11.6. The zero-order chi connectivity index (χ0) is 17.0. The largest absolute Gasteiger partial charge is 0.335 e. The number of benzene rings is 2. The number of para-hydroxylation sites is 2. The van der Waals surface area contributed by atoms with E-state index < -0.39 is 0 Å². The first-order valence-corrected chi connectivity index (χ1v) is 8.76. The van der Waals surface area contributed by atoms with Gasteiger partial charge >= 0.3 is 6.03 Å². The molecule has 3 heteroatoms. The number of urea groups is 1. The molecule has 0 bridgehead atoms. The Kier molecular flexibility index (Phi) is 4.89. The molecule has 0 heterocycles. The monoisotopic (exact) mass is 322 g/mol. The predicted octanol–water partition coefficient (Wildman–Crippen LogP) is 5.50. The maximum Gasteiger partial charge on any atom is 0.326 e. The summed E-state index contributed by atoms with van der Waals surface area (Å²) in [5.74, 6) is 0. The molecule has 2 aromatic carbocycles. The van der Waals surface area contributed by atoms with Gasteiger partial charge in [-0.2, -0.15) is 0 Å². The molecule has 3 nitrogen and oxygen atoms in total. The lowest BCUT2D eigenvalue weighted by molar-refractivity contribution is 0.201. The highest BCUT2D eigenvalue weighted by Gasteiger charge is 2.29. The van der Waals surface area contributed by atoms with Crippen LogP contribution >= 0.6 is 0 Å². The number of rotatable bonds is 3. The first kappa shape index (κ1) is 16.6. The maximum atomic E-state index is 13.0. The van der Waals surface area contributed by atoms with Crippen molar-refractivity contribution >= 4 is 17.4 Å². The molecule has 126 valence electrons. The molecule has 3 rings (SSSR count). The Bertz CT molecular complexity index is 617. The lowest BCUT2D eigenvalue weighted by Crippen LogP contribution is -2.45. The van der Waals surface area contributed by atoms with E-state index in [2.05, 4.69) is 19.2 Å². The van der Waals surface area contributed by atoms with Gasteiger partial charge in [0.2, 0.25) is 0 Å². The van der Waals surface area contributed by atoms with Gasteiger partial charge in [0.05, 0.1) is 11.4 Å². The summed E-state index contributed by atoms with van der Waals surface area (Å²) in [6.45, 7) is 4.62. The summed E-state index contributed by atoms with van der Waals surface area (Å²) in [5, 5.41) is 3.24. The Morgan fingerprint density at radius 1 is 0.917 bits per heavy atom. The Balaban J connectivity index is 1.78. The Morgan fingerprint density at radius 2 is 1.38 bits per heavy atom. The topological polar surface area (TPSA) is 32.3 Å². The van der Waals surface area contributed by atoms with Crippen molar-refractivity contribution in [3.05, 3.63) is 60.7 Å². The zero-order valence-electron chi connectivity index (χ0n) is 14.5. The van der Waals surface area contributed by atoms with Gasteiger partial charge in [0, 0.05) is 6.04 Å². The molecular formula is C21H26N2O. The number of nitrogens with one attached hydrogen (secondary N) is 1. The number of hydrogen-bond acceptors (Lipinski definition) is 1. The highest BCUT2D eigenvalue weighted by atomic mass is 16.2. The van der Waals surface area contributed by atoms with Crippen LogP contribution in [0.2, 0.25) is 0 Å². The van der Waals surface area contributed by atoms with Crippen molar-refractivity contribution in [1.82, 2.24) is 5.32 Å². The summed E-state index contributed by atoms with van der Waals surface area (Å²) >= 11 is 0. The van der Waals surface area contributed by atoms with Crippen molar-refractivity contribution in [3.8, 4) is 0 Å². The molecule has 0 saturated heterocycles. The van der Waals surface area contributed by atoms with Crippen LogP contribution in [0.1, 0.15) is 39.5 Å². The molecule has 1 fully saturated rings. The molecule has 24 heavy (non-hydrogen) atoms. The fourth-order valence-electron chi connectivity index (χ4n) is 3.32. The van der Waals surface area contributed by atoms with E-state index >= 15 is 0 Å². The molecule has 0 unspecified atom stereocenters. The van der Waals surface area contributed by atoms with Gasteiger partial charge in [0.15, 0.2) is 0 Å². The summed E-state index contributed by atoms with van der Waals surface area (Å²) in [6, 6.07) is 19.9. The van der Waals surface area contributed by atoms with Gasteiger partial charge in [0.25, 0.3) is 0 Å². The van der Waals surface area contributed by atoms with E-state index in [1.54, 1.807) is 4.90 Å². The van der Waals surface area contributed by atoms with Crippen LogP contribution in [-0.4, -0.2) is 12.1 Å². The van der Waals surface area contributed by atoms with E-state index in [1.165, 1.54) is 0 Å². The van der Waals surface area contributed by atoms with Crippen molar-refractivity contribution in [1.29, 1.82) is 0 Å². The second-order valence-electron chi connectivity index (χ2n) is 7.39. The molecule has 1 aliphatic rings. The Morgan fingerprint density at radius 3 is 1.83 bits per heavy atom. The van der Waals surface area contributed by atoms with Crippen LogP contribution in [0.25, 0.3) is 0 Å². The standard InChI is InChI=1S/C21H26N2O/c1-21(2)15-13-17(14-16-21)22-20(24)23(18-9-5-3-6-10-18)19-11-7-4-8-12-19/h3-12,17H,13-16H2,1-2H3,(H,22,24). The minimum atomic E-state index is -0.0443. The minimum Gasteiger partial charge on any atom is -0.335 e. The number of amides is 2. The van der Waals surface area contributed by atoms with Gasteiger partial charge in [-0.05, 0) is 55.4 Å². The van der Waals surface area contributed by atoms with Crippen molar-refractivity contribution in [2.75, 3.05) is 4.90 Å². The Labute approximate surface area is 144 Å². The van der Waals surface area contributed by atoms with E-state index in [4.69, 9.17) is 0 Å². The van der Waals surface area contributed by atoms with Crippen LogP contribution in [-0.2, 0) is 0 Å². The lowest BCUT2D eigenvalue weighted by atomic mass is 9.75. The van der Waals surface area contributed by atoms with E-state index in [0.717, 1.165) is 37.1 Å². The zero-order valence-corrected chi connectivity index (χ0v) is 14.5. The average molecular weight is 322 g/mol. The van der Waals surface area contributed by atoms with Gasteiger partial charge < -0.3 is 5.32 Å². The molecular weight excluding hydrogens is 296 g/mol. The summed E-state index contributed by atoms with van der Waals surface area (Å²) in [5.41, 5.74) is 2.18. The number of hydrogen-bond donors (Lipinski definition) is 1. The molecule has 2 aromatic rings. The number of nitrogens with zero attached hydrogens (tertiary/aromatic N) is 1. The average Bonchev–Trinajstić information content (AvgIpc) is 2.59.